The monoisotopic (exact) mass is 1100 g/mol. The van der Waals surface area contributed by atoms with Crippen molar-refractivity contribution in [2.24, 2.45) is 0 Å². The van der Waals surface area contributed by atoms with Gasteiger partial charge in [0.25, 0.3) is 0 Å². The minimum Gasteiger partial charge on any atom is -0.458 e. The average molecular weight is 1100 g/mol. The molecule has 7 heteroatoms. The number of ether oxygens (including phenoxy) is 2. The predicted octanol–water partition coefficient (Wildman–Crippen LogP) is 17.8. The number of hydrogen-bond donors (Lipinski definition) is 1. The topological polar surface area (TPSA) is 51.5 Å². The summed E-state index contributed by atoms with van der Waals surface area (Å²) in [6.45, 7) is 27.7. The fraction of sp³-hybridized carbons (Fsp3) is 0.224. The number of pyridine rings is 1. The molecule has 9 aromatic carbocycles. The lowest BCUT2D eigenvalue weighted by Crippen LogP contribution is -2.74. The van der Waals surface area contributed by atoms with Gasteiger partial charge >= 0.3 is 0 Å². The van der Waals surface area contributed by atoms with Crippen LogP contribution in [0.3, 0.4) is 0 Å². The minimum atomic E-state index is -2.98. The summed E-state index contributed by atoms with van der Waals surface area (Å²) in [4.78, 5) is 7.50. The van der Waals surface area contributed by atoms with E-state index in [1.807, 2.05) is 6.20 Å². The zero-order chi connectivity index (χ0) is 58.0. The van der Waals surface area contributed by atoms with E-state index >= 15 is 0 Å². The molecule has 0 fully saturated rings. The Morgan fingerprint density at radius 2 is 1.02 bits per heavy atom. The van der Waals surface area contributed by atoms with Gasteiger partial charge in [-0.15, -0.1) is 0 Å². The van der Waals surface area contributed by atoms with Gasteiger partial charge in [0.15, 0.2) is 8.07 Å². The second kappa shape index (κ2) is 19.5. The van der Waals surface area contributed by atoms with Crippen molar-refractivity contribution < 1.29 is 9.47 Å². The molecule has 0 bridgehead atoms. The van der Waals surface area contributed by atoms with E-state index in [0.717, 1.165) is 62.6 Å². The normalized spacial score (nSPS) is 13.6. The number of nitrogens with one attached hydrogen (secondary N) is 1. The summed E-state index contributed by atoms with van der Waals surface area (Å²) in [5.41, 5.74) is 15.9. The van der Waals surface area contributed by atoms with Crippen LogP contribution in [0.4, 0.5) is 22.7 Å². The van der Waals surface area contributed by atoms with Gasteiger partial charge in [-0.3, -0.25) is 4.57 Å². The van der Waals surface area contributed by atoms with E-state index in [1.54, 1.807) is 0 Å². The number of hydrogen-bond acceptors (Lipinski definition) is 5. The van der Waals surface area contributed by atoms with E-state index in [9.17, 15) is 0 Å². The molecule has 2 aliphatic rings. The van der Waals surface area contributed by atoms with Crippen LogP contribution in [0.1, 0.15) is 105 Å². The Balaban J connectivity index is 0.945. The van der Waals surface area contributed by atoms with Crippen molar-refractivity contribution in [2.75, 3.05) is 17.3 Å². The molecule has 0 saturated carbocycles. The molecule has 0 radical (unpaired) electrons. The second-order valence-corrected chi connectivity index (χ2v) is 30.7. The Morgan fingerprint density at radius 3 is 1.69 bits per heavy atom. The number of nitrogens with zero attached hydrogens (tertiary/aromatic N) is 3. The van der Waals surface area contributed by atoms with E-state index in [1.165, 1.54) is 76.0 Å². The lowest BCUT2D eigenvalue weighted by Gasteiger charge is -2.38. The van der Waals surface area contributed by atoms with Crippen LogP contribution in [0.5, 0.6) is 23.0 Å². The number of anilines is 4. The maximum atomic E-state index is 7.26. The van der Waals surface area contributed by atoms with Crippen LogP contribution in [-0.4, -0.2) is 24.7 Å². The number of rotatable bonds is 9. The summed E-state index contributed by atoms with van der Waals surface area (Å²) in [5.74, 6) is 4.20. The van der Waals surface area contributed by atoms with E-state index in [2.05, 4.69) is 305 Å². The zero-order valence-electron chi connectivity index (χ0n) is 50.3. The third-order valence-electron chi connectivity index (χ3n) is 17.3. The Kier molecular flexibility index (Phi) is 12.6. The first-order valence-electron chi connectivity index (χ1n) is 29.3. The lowest BCUT2D eigenvalue weighted by molar-refractivity contribution is 0.483. The van der Waals surface area contributed by atoms with Crippen LogP contribution in [0.15, 0.2) is 206 Å². The molecule has 0 atom stereocenters. The molecule has 0 amide bonds. The van der Waals surface area contributed by atoms with Crippen molar-refractivity contribution in [1.82, 2.24) is 9.55 Å². The molecule has 0 saturated heterocycles. The van der Waals surface area contributed by atoms with Crippen LogP contribution in [0.2, 0.25) is 0 Å². The largest absolute Gasteiger partial charge is 0.458 e. The zero-order valence-corrected chi connectivity index (χ0v) is 51.3. The third-order valence-corrected chi connectivity index (χ3v) is 22.2. The van der Waals surface area contributed by atoms with E-state index in [4.69, 9.17) is 14.5 Å². The Labute approximate surface area is 491 Å². The molecule has 11 aromatic rings. The SMILES string of the molecule is CN(c1ccccc1Nc1cccc(Oc2cc3c4c5c(cccc5n(-c5cc(C(C)(C)C)ccn5)c4c2)[Si]32c3ccccc3Oc3ccccc32)c1)c1c(-c2ccccc2)cc(C(C)(C)C)cc1-c1cc(C(C)(C)C)cc(C(C)(C)C)c1. The summed E-state index contributed by atoms with van der Waals surface area (Å²) in [7, 11) is -0.751. The van der Waals surface area contributed by atoms with Crippen LogP contribution in [0, 0.1) is 0 Å². The molecular weight excluding hydrogens is 1030 g/mol. The fourth-order valence-electron chi connectivity index (χ4n) is 12.9. The van der Waals surface area contributed by atoms with Gasteiger partial charge in [0.1, 0.15) is 28.8 Å². The van der Waals surface area contributed by atoms with Crippen LogP contribution in [0.25, 0.3) is 49.9 Å². The fourth-order valence-corrected chi connectivity index (χ4v) is 18.3. The molecule has 0 aliphatic carbocycles. The van der Waals surface area contributed by atoms with Crippen LogP contribution in [-0.2, 0) is 21.7 Å². The van der Waals surface area contributed by atoms with Gasteiger partial charge in [-0.25, -0.2) is 4.98 Å². The third kappa shape index (κ3) is 9.12. The van der Waals surface area contributed by atoms with Gasteiger partial charge in [0.05, 0.1) is 28.1 Å². The van der Waals surface area contributed by atoms with Crippen molar-refractivity contribution in [3.05, 3.63) is 229 Å². The molecule has 414 valence electrons. The molecule has 2 aromatic heterocycles. The molecule has 2 aliphatic heterocycles. The molecule has 0 unspecified atom stereocenters. The average Bonchev–Trinajstić information content (AvgIpc) is 1.75. The van der Waals surface area contributed by atoms with E-state index in [0.29, 0.717) is 0 Å². The summed E-state index contributed by atoms with van der Waals surface area (Å²) >= 11 is 0. The Morgan fingerprint density at radius 1 is 0.458 bits per heavy atom. The summed E-state index contributed by atoms with van der Waals surface area (Å²) < 4.78 is 16.4. The first kappa shape index (κ1) is 53.6. The van der Waals surface area contributed by atoms with E-state index < -0.39 is 8.07 Å². The maximum absolute atomic E-state index is 7.26. The second-order valence-electron chi connectivity index (χ2n) is 27.1. The van der Waals surface area contributed by atoms with Gasteiger partial charge in [0, 0.05) is 53.0 Å². The Bertz CT molecular complexity index is 4290. The highest BCUT2D eigenvalue weighted by molar-refractivity contribution is 7.24. The number of aromatic nitrogens is 2. The van der Waals surface area contributed by atoms with Gasteiger partial charge in [0.2, 0.25) is 0 Å². The molecule has 83 heavy (non-hydrogen) atoms. The highest BCUT2D eigenvalue weighted by Gasteiger charge is 2.54. The highest BCUT2D eigenvalue weighted by atomic mass is 28.3. The molecule has 4 heterocycles. The van der Waals surface area contributed by atoms with Gasteiger partial charge < -0.3 is 19.7 Å². The molecular formula is C76H74N4O2Si. The van der Waals surface area contributed by atoms with Crippen molar-refractivity contribution in [3.8, 4) is 51.1 Å². The smallest absolute Gasteiger partial charge is 0.189 e. The summed E-state index contributed by atoms with van der Waals surface area (Å²) in [6.07, 6.45) is 1.96. The number of para-hydroxylation sites is 4. The van der Waals surface area contributed by atoms with Crippen LogP contribution < -0.4 is 40.4 Å². The summed E-state index contributed by atoms with van der Waals surface area (Å²) in [5, 5.41) is 11.6. The highest BCUT2D eigenvalue weighted by Crippen LogP contribution is 2.49. The predicted molar refractivity (Wildman–Crippen MR) is 352 cm³/mol. The molecule has 6 nitrogen and oxygen atoms in total. The van der Waals surface area contributed by atoms with Crippen molar-refractivity contribution in [3.63, 3.8) is 0 Å². The van der Waals surface area contributed by atoms with Crippen molar-refractivity contribution in [1.29, 1.82) is 0 Å². The first-order valence-corrected chi connectivity index (χ1v) is 31.3. The standard InChI is InChI=1S/C76H74N4O2Si/c1-73(2,3)50-37-38-77-69(44-50)80-61-31-24-36-67-70(61)71-62(80)46-56(47-68(71)83(67)65-34-21-19-32-63(65)82-64-33-20-22-35-66(64)83)81-55-28-23-27-54(45-55)78-59-29-17-18-30-60(59)79(13)72-57(48-25-15-14-16-26-48)42-53(76(10,11)12)43-58(72)49-39-51(74(4,5)6)41-52(40-49)75(7,8)9/h14-47,78H,1-13H3. The molecule has 1 N–H and O–H groups in total. The van der Waals surface area contributed by atoms with E-state index in [-0.39, 0.29) is 21.7 Å². The van der Waals surface area contributed by atoms with Gasteiger partial charge in [-0.05, 0) is 149 Å². The summed E-state index contributed by atoms with van der Waals surface area (Å²) in [6, 6.07) is 73.4. The van der Waals surface area contributed by atoms with Crippen molar-refractivity contribution >= 4 is 73.4 Å². The van der Waals surface area contributed by atoms with Gasteiger partial charge in [-0.1, -0.05) is 198 Å². The lowest BCUT2D eigenvalue weighted by atomic mass is 9.77. The quantitative estimate of drug-likeness (QED) is 0.146. The van der Waals surface area contributed by atoms with Gasteiger partial charge in [-0.2, -0.15) is 0 Å². The number of fused-ring (bicyclic) bond motifs is 6. The first-order chi connectivity index (χ1) is 39.6. The molecule has 13 rings (SSSR count). The Hall–Kier alpha value is -8.65. The van der Waals surface area contributed by atoms with Crippen LogP contribution >= 0.6 is 0 Å². The number of benzene rings is 9. The molecule has 1 spiro atoms. The van der Waals surface area contributed by atoms with Crippen molar-refractivity contribution in [2.45, 2.75) is 105 Å². The maximum Gasteiger partial charge on any atom is 0.189 e. The minimum absolute atomic E-state index is 0.0578.